The van der Waals surface area contributed by atoms with E-state index in [0.717, 1.165) is 5.56 Å². The predicted octanol–water partition coefficient (Wildman–Crippen LogP) is 1.48. The monoisotopic (exact) mass is 499 g/mol. The molecule has 192 valence electrons. The Morgan fingerprint density at radius 3 is 2.36 bits per heavy atom. The number of hydrogen-bond donors (Lipinski definition) is 4. The number of nitrogens with one attached hydrogen (secondary N) is 3. The van der Waals surface area contributed by atoms with E-state index in [1.807, 2.05) is 6.07 Å². The molecule has 0 heterocycles. The van der Waals surface area contributed by atoms with Crippen molar-refractivity contribution < 1.29 is 33.7 Å². The molecule has 0 saturated heterocycles. The summed E-state index contributed by atoms with van der Waals surface area (Å²) in [6, 6.07) is 6.09. The number of methoxy groups -OCH3 is 3. The molecule has 4 N–H and O–H groups in total. The summed E-state index contributed by atoms with van der Waals surface area (Å²) in [5.41, 5.74) is 2.57. The molecule has 2 aromatic carbocycles. The molecule has 2 aromatic rings. The van der Waals surface area contributed by atoms with Gasteiger partial charge in [0.2, 0.25) is 23.0 Å². The molecule has 1 aliphatic carbocycles. The molecular formula is C25H29N3O8. The van der Waals surface area contributed by atoms with E-state index < -0.39 is 29.9 Å². The largest absolute Gasteiger partial charge is 0.493 e. The summed E-state index contributed by atoms with van der Waals surface area (Å²) in [5, 5.41) is 16.6. The highest BCUT2D eigenvalue weighted by atomic mass is 16.5. The van der Waals surface area contributed by atoms with Gasteiger partial charge in [0, 0.05) is 12.5 Å². The second kappa shape index (κ2) is 11.4. The molecule has 0 radical (unpaired) electrons. The number of carbonyl (C=O) groups is 3. The number of carbonyl (C=O) groups excluding carboxylic acids is 2. The lowest BCUT2D eigenvalue weighted by Crippen LogP contribution is -2.34. The van der Waals surface area contributed by atoms with Crippen molar-refractivity contribution in [2.45, 2.75) is 25.8 Å². The lowest BCUT2D eigenvalue weighted by molar-refractivity contribution is -0.137. The van der Waals surface area contributed by atoms with Gasteiger partial charge in [-0.1, -0.05) is 6.07 Å². The van der Waals surface area contributed by atoms with Gasteiger partial charge in [0.25, 0.3) is 0 Å². The topological polar surface area (TPSA) is 152 Å². The van der Waals surface area contributed by atoms with Gasteiger partial charge >= 0.3 is 5.97 Å². The van der Waals surface area contributed by atoms with Crippen molar-refractivity contribution in [1.29, 1.82) is 0 Å². The Hall–Kier alpha value is -4.28. The molecule has 11 heteroatoms. The molecule has 0 unspecified atom stereocenters. The molecule has 1 atom stereocenters. The Morgan fingerprint density at radius 2 is 1.75 bits per heavy atom. The average molecular weight is 500 g/mol. The number of rotatable bonds is 9. The number of fused-ring (bicyclic) bond motifs is 3. The number of anilines is 1. The Bertz CT molecular complexity index is 1240. The summed E-state index contributed by atoms with van der Waals surface area (Å²) in [5.74, 6) is -0.683. The molecule has 3 rings (SSSR count). The Kier molecular flexibility index (Phi) is 8.36. The van der Waals surface area contributed by atoms with E-state index in [-0.39, 0.29) is 18.1 Å². The standard InChI is InChI=1S/C25H29N3O8/c1-13(29)28-17-7-5-14-9-20(34-2)24(35-3)25(36-4)23(14)15-6-8-18(19(30)10-16(15)17)26-11-21(31)27-12-22(32)33/h6,8-10,17H,5,7,11-12H2,1-4H3,(H,26,30)(H,27,31)(H,28,29)(H,32,33)/t17-/m0/s1. The van der Waals surface area contributed by atoms with Gasteiger partial charge < -0.3 is 35.3 Å². The van der Waals surface area contributed by atoms with Crippen LogP contribution >= 0.6 is 0 Å². The lowest BCUT2D eigenvalue weighted by atomic mass is 9.95. The molecule has 0 aromatic heterocycles. The van der Waals surface area contributed by atoms with Gasteiger partial charge in [-0.2, -0.15) is 0 Å². The van der Waals surface area contributed by atoms with Crippen LogP contribution in [-0.2, 0) is 20.8 Å². The van der Waals surface area contributed by atoms with Crippen LogP contribution in [-0.4, -0.2) is 57.3 Å². The van der Waals surface area contributed by atoms with Crippen LogP contribution in [0.15, 0.2) is 29.1 Å². The highest BCUT2D eigenvalue weighted by Crippen LogP contribution is 2.50. The van der Waals surface area contributed by atoms with Gasteiger partial charge in [0.1, 0.15) is 6.54 Å². The third kappa shape index (κ3) is 5.68. The predicted molar refractivity (Wildman–Crippen MR) is 132 cm³/mol. The molecule has 0 spiro atoms. The minimum atomic E-state index is -1.17. The molecule has 0 saturated carbocycles. The molecule has 0 aliphatic heterocycles. The Morgan fingerprint density at radius 1 is 1.03 bits per heavy atom. The Balaban J connectivity index is 2.17. The number of carboxylic acid groups (broad SMARTS) is 1. The van der Waals surface area contributed by atoms with Crippen LogP contribution in [0, 0.1) is 0 Å². The maximum atomic E-state index is 13.1. The van der Waals surface area contributed by atoms with E-state index in [1.54, 1.807) is 12.1 Å². The first-order valence-electron chi connectivity index (χ1n) is 11.2. The van der Waals surface area contributed by atoms with E-state index in [4.69, 9.17) is 19.3 Å². The quantitative estimate of drug-likeness (QED) is 0.402. The third-order valence-electron chi connectivity index (χ3n) is 5.79. The van der Waals surface area contributed by atoms with E-state index in [2.05, 4.69) is 16.0 Å². The fourth-order valence-corrected chi connectivity index (χ4v) is 4.27. The summed E-state index contributed by atoms with van der Waals surface area (Å²) in [7, 11) is 4.55. The average Bonchev–Trinajstić information content (AvgIpc) is 3.08. The van der Waals surface area contributed by atoms with Crippen LogP contribution in [0.5, 0.6) is 17.2 Å². The van der Waals surface area contributed by atoms with E-state index in [9.17, 15) is 19.2 Å². The molecule has 0 bridgehead atoms. The zero-order valence-electron chi connectivity index (χ0n) is 20.5. The summed E-state index contributed by atoms with van der Waals surface area (Å²) in [6.07, 6.45) is 1.08. The van der Waals surface area contributed by atoms with Crippen molar-refractivity contribution in [2.24, 2.45) is 0 Å². The number of hydrogen-bond acceptors (Lipinski definition) is 8. The van der Waals surface area contributed by atoms with E-state index >= 15 is 0 Å². The lowest BCUT2D eigenvalue weighted by Gasteiger charge is -2.19. The second-order valence-electron chi connectivity index (χ2n) is 8.12. The van der Waals surface area contributed by atoms with Gasteiger partial charge in [0.15, 0.2) is 11.5 Å². The van der Waals surface area contributed by atoms with Crippen molar-refractivity contribution >= 4 is 23.5 Å². The van der Waals surface area contributed by atoms with Gasteiger partial charge in [0.05, 0.1) is 39.6 Å². The van der Waals surface area contributed by atoms with Crippen molar-refractivity contribution in [3.05, 3.63) is 45.6 Å². The molecule has 1 aliphatic rings. The number of benzene rings is 1. The van der Waals surface area contributed by atoms with Crippen LogP contribution in [0.4, 0.5) is 5.69 Å². The van der Waals surface area contributed by atoms with Crippen LogP contribution < -0.4 is 35.6 Å². The third-order valence-corrected chi connectivity index (χ3v) is 5.79. The summed E-state index contributed by atoms with van der Waals surface area (Å²) in [6.45, 7) is 0.591. The van der Waals surface area contributed by atoms with Crippen molar-refractivity contribution in [1.82, 2.24) is 10.6 Å². The SMILES string of the molecule is COc1cc2c(c(OC)c1OC)-c1ccc(NCC(=O)NCC(=O)O)c(=O)cc1[C@@H](NC(C)=O)CC2. The number of ether oxygens (including phenoxy) is 3. The minimum absolute atomic E-state index is 0.135. The fraction of sp³-hybridized carbons (Fsp3) is 0.360. The maximum Gasteiger partial charge on any atom is 0.322 e. The Labute approximate surface area is 207 Å². The molecule has 0 fully saturated rings. The number of aryl methyl sites for hydroxylation is 1. The zero-order valence-corrected chi connectivity index (χ0v) is 20.5. The van der Waals surface area contributed by atoms with Crippen LogP contribution in [0.1, 0.15) is 30.5 Å². The van der Waals surface area contributed by atoms with Gasteiger partial charge in [-0.25, -0.2) is 0 Å². The van der Waals surface area contributed by atoms with E-state index in [0.29, 0.717) is 46.8 Å². The molecule has 2 amide bonds. The summed E-state index contributed by atoms with van der Waals surface area (Å²) in [4.78, 5) is 47.7. The van der Waals surface area contributed by atoms with Crippen LogP contribution in [0.25, 0.3) is 11.1 Å². The van der Waals surface area contributed by atoms with Crippen LogP contribution in [0.3, 0.4) is 0 Å². The van der Waals surface area contributed by atoms with Crippen molar-refractivity contribution in [3.8, 4) is 28.4 Å². The summed E-state index contributed by atoms with van der Waals surface area (Å²) < 4.78 is 16.8. The first-order chi connectivity index (χ1) is 17.2. The maximum absolute atomic E-state index is 13.1. The smallest absolute Gasteiger partial charge is 0.322 e. The van der Waals surface area contributed by atoms with E-state index in [1.165, 1.54) is 34.3 Å². The normalized spacial score (nSPS) is 13.8. The molecular weight excluding hydrogens is 470 g/mol. The zero-order chi connectivity index (χ0) is 26.4. The highest BCUT2D eigenvalue weighted by Gasteiger charge is 2.29. The molecule has 36 heavy (non-hydrogen) atoms. The van der Waals surface area contributed by atoms with Crippen LogP contribution in [0.2, 0.25) is 0 Å². The highest BCUT2D eigenvalue weighted by molar-refractivity contribution is 5.85. The fourth-order valence-electron chi connectivity index (χ4n) is 4.27. The van der Waals surface area contributed by atoms with Gasteiger partial charge in [-0.05, 0) is 47.7 Å². The minimum Gasteiger partial charge on any atom is -0.493 e. The number of amides is 2. The first-order valence-corrected chi connectivity index (χ1v) is 11.2. The number of carboxylic acids is 1. The number of aliphatic carboxylic acids is 1. The molecule has 11 nitrogen and oxygen atoms in total. The van der Waals surface area contributed by atoms with Crippen molar-refractivity contribution in [2.75, 3.05) is 39.7 Å². The van der Waals surface area contributed by atoms with Gasteiger partial charge in [-0.3, -0.25) is 19.2 Å². The summed E-state index contributed by atoms with van der Waals surface area (Å²) >= 11 is 0. The van der Waals surface area contributed by atoms with Crippen molar-refractivity contribution in [3.63, 3.8) is 0 Å². The van der Waals surface area contributed by atoms with Gasteiger partial charge in [-0.15, -0.1) is 0 Å². The first kappa shape index (κ1) is 26.3. The second-order valence-corrected chi connectivity index (χ2v) is 8.12.